The van der Waals surface area contributed by atoms with Gasteiger partial charge in [0.15, 0.2) is 0 Å². The first-order valence-corrected chi connectivity index (χ1v) is 8.61. The number of nitrogens with one attached hydrogen (secondary N) is 1. The van der Waals surface area contributed by atoms with Crippen molar-refractivity contribution in [3.05, 3.63) is 33.5 Å². The predicted molar refractivity (Wildman–Crippen MR) is 92.9 cm³/mol. The molecule has 1 N–H and O–H groups in total. The van der Waals surface area contributed by atoms with Crippen molar-refractivity contribution in [3.63, 3.8) is 0 Å². The first-order chi connectivity index (χ1) is 12.4. The fraction of sp³-hybridized carbons (Fsp3) is 0.412. The summed E-state index contributed by atoms with van der Waals surface area (Å²) < 4.78 is 28.2. The van der Waals surface area contributed by atoms with Crippen LogP contribution >= 0.6 is 11.6 Å². The van der Waals surface area contributed by atoms with Crippen molar-refractivity contribution in [2.45, 2.75) is 32.7 Å². The summed E-state index contributed by atoms with van der Waals surface area (Å²) in [5, 5.41) is 2.78. The number of nitrogens with zero attached hydrogens (tertiary/aromatic N) is 2. The number of ether oxygens (including phenoxy) is 2. The average Bonchev–Trinajstić information content (AvgIpc) is 2.85. The molecule has 2 unspecified atom stereocenters. The van der Waals surface area contributed by atoms with E-state index in [0.717, 1.165) is 12.5 Å². The molecule has 2 atom stereocenters. The van der Waals surface area contributed by atoms with Crippen LogP contribution in [0.5, 0.6) is 5.75 Å². The second kappa shape index (κ2) is 6.14. The van der Waals surface area contributed by atoms with Gasteiger partial charge in [0.2, 0.25) is 0 Å². The summed E-state index contributed by atoms with van der Waals surface area (Å²) in [5.41, 5.74) is 0.0284. The topological polar surface area (TPSA) is 74.5 Å². The number of rotatable bonds is 2. The van der Waals surface area contributed by atoms with Gasteiger partial charge >= 0.3 is 0 Å². The molecule has 2 aliphatic heterocycles. The number of aromatic nitrogens is 2. The molecule has 2 aromatic rings. The minimum absolute atomic E-state index is 0.0283. The zero-order valence-corrected chi connectivity index (χ0v) is 15.0. The van der Waals surface area contributed by atoms with Crippen LogP contribution in [-0.4, -0.2) is 28.7 Å². The molecule has 138 valence electrons. The minimum atomic E-state index is -1.15. The Bertz CT molecular complexity index is 968. The Morgan fingerprint density at radius 3 is 2.85 bits per heavy atom. The van der Waals surface area contributed by atoms with Gasteiger partial charge in [-0.25, -0.2) is 9.07 Å². The van der Waals surface area contributed by atoms with E-state index in [1.807, 2.05) is 0 Å². The van der Waals surface area contributed by atoms with Crippen LogP contribution in [0, 0.1) is 11.7 Å². The molecule has 0 bridgehead atoms. The number of hydrogen-bond acceptors (Lipinski definition) is 4. The molecule has 4 rings (SSSR count). The van der Waals surface area contributed by atoms with Crippen molar-refractivity contribution >= 4 is 23.2 Å². The largest absolute Gasteiger partial charge is 0.453 e. The zero-order valence-electron chi connectivity index (χ0n) is 14.2. The highest BCUT2D eigenvalue weighted by atomic mass is 35.5. The Balaban J connectivity index is 1.85. The van der Waals surface area contributed by atoms with E-state index in [9.17, 15) is 14.0 Å². The average molecular weight is 382 g/mol. The number of halogens is 2. The molecule has 7 nitrogen and oxygen atoms in total. The molecule has 1 aromatic heterocycles. The van der Waals surface area contributed by atoms with E-state index in [-0.39, 0.29) is 33.3 Å². The smallest absolute Gasteiger partial charge is 0.294 e. The lowest BCUT2D eigenvalue weighted by atomic mass is 10.1. The Kier molecular flexibility index (Phi) is 4.04. The van der Waals surface area contributed by atoms with Crippen LogP contribution in [0.3, 0.4) is 0 Å². The van der Waals surface area contributed by atoms with Crippen LogP contribution in [0.15, 0.2) is 16.9 Å². The van der Waals surface area contributed by atoms with Crippen LogP contribution in [0.25, 0.3) is 11.1 Å². The second-order valence-corrected chi connectivity index (χ2v) is 6.93. The Morgan fingerprint density at radius 1 is 1.35 bits per heavy atom. The third kappa shape index (κ3) is 2.52. The number of fused-ring (bicyclic) bond motifs is 2. The third-order valence-corrected chi connectivity index (χ3v) is 5.13. The molecule has 0 radical (unpaired) electrons. The van der Waals surface area contributed by atoms with Gasteiger partial charge < -0.3 is 14.8 Å². The number of anilines is 1. The lowest BCUT2D eigenvalue weighted by Gasteiger charge is -2.25. The van der Waals surface area contributed by atoms with Gasteiger partial charge in [0, 0.05) is 31.8 Å². The molecule has 2 aliphatic rings. The number of carbonyl (C=O) groups excluding carboxylic acids is 1. The fourth-order valence-electron chi connectivity index (χ4n) is 3.38. The molecular weight excluding hydrogens is 365 g/mol. The lowest BCUT2D eigenvalue weighted by Crippen LogP contribution is -2.38. The number of methoxy groups -OCH3 is 1. The van der Waals surface area contributed by atoms with Gasteiger partial charge in [-0.3, -0.25) is 14.3 Å². The molecule has 0 fully saturated rings. The van der Waals surface area contributed by atoms with E-state index in [0.29, 0.717) is 19.0 Å². The fourth-order valence-corrected chi connectivity index (χ4v) is 3.73. The maximum Gasteiger partial charge on any atom is 0.294 e. The normalized spacial score (nSPS) is 21.6. The third-order valence-electron chi connectivity index (χ3n) is 4.75. The summed E-state index contributed by atoms with van der Waals surface area (Å²) >= 11 is 6.40. The van der Waals surface area contributed by atoms with Gasteiger partial charge in [0.05, 0.1) is 11.3 Å². The maximum absolute atomic E-state index is 14.7. The van der Waals surface area contributed by atoms with Crippen LogP contribution in [-0.2, 0) is 22.6 Å². The van der Waals surface area contributed by atoms with E-state index in [2.05, 4.69) is 12.2 Å². The molecule has 0 aliphatic carbocycles. The van der Waals surface area contributed by atoms with Crippen molar-refractivity contribution in [1.29, 1.82) is 0 Å². The standard InChI is InChI=1S/C17H17ClFN3O4/c1-8-3-4-21-14(18)13(16(24)22(21)7-8)9-5-11-12(6-10(9)19)26-17(25-2)15(23)20-11/h5-6,8,17H,3-4,7H2,1-2H3,(H,20,23). The van der Waals surface area contributed by atoms with Gasteiger partial charge in [0.1, 0.15) is 16.7 Å². The number of hydrogen-bond donors (Lipinski definition) is 1. The summed E-state index contributed by atoms with van der Waals surface area (Å²) in [5.74, 6) is -0.701. The van der Waals surface area contributed by atoms with Crippen LogP contribution in [0.4, 0.5) is 10.1 Å². The molecule has 0 saturated heterocycles. The maximum atomic E-state index is 14.7. The van der Waals surface area contributed by atoms with Gasteiger partial charge in [-0.05, 0) is 18.4 Å². The SMILES string of the molecule is COC1Oc2cc(F)c(-c3c(Cl)n4n(c3=O)CC(C)CC4)cc2NC1=O. The van der Waals surface area contributed by atoms with Crippen LogP contribution in [0.1, 0.15) is 13.3 Å². The van der Waals surface area contributed by atoms with Gasteiger partial charge in [0.25, 0.3) is 17.8 Å². The van der Waals surface area contributed by atoms with Crippen LogP contribution < -0.4 is 15.6 Å². The molecule has 0 spiro atoms. The number of carbonyl (C=O) groups is 1. The minimum Gasteiger partial charge on any atom is -0.453 e. The summed E-state index contributed by atoms with van der Waals surface area (Å²) in [6.07, 6.45) is -0.257. The molecule has 3 heterocycles. The first-order valence-electron chi connectivity index (χ1n) is 8.24. The molecule has 9 heteroatoms. The van der Waals surface area contributed by atoms with Gasteiger partial charge in [-0.1, -0.05) is 18.5 Å². The highest BCUT2D eigenvalue weighted by Crippen LogP contribution is 2.38. The van der Waals surface area contributed by atoms with E-state index < -0.39 is 18.0 Å². The van der Waals surface area contributed by atoms with Crippen LogP contribution in [0.2, 0.25) is 5.15 Å². The Morgan fingerprint density at radius 2 is 2.12 bits per heavy atom. The first kappa shape index (κ1) is 17.1. The van der Waals surface area contributed by atoms with E-state index >= 15 is 0 Å². The molecular formula is C17H17ClFN3O4. The molecule has 26 heavy (non-hydrogen) atoms. The Hall–Kier alpha value is -2.32. The van der Waals surface area contributed by atoms with Crippen molar-refractivity contribution in [2.24, 2.45) is 5.92 Å². The summed E-state index contributed by atoms with van der Waals surface area (Å²) in [6, 6.07) is 2.49. The molecule has 0 saturated carbocycles. The predicted octanol–water partition coefficient (Wildman–Crippen LogP) is 2.45. The number of benzene rings is 1. The lowest BCUT2D eigenvalue weighted by molar-refractivity contribution is -0.143. The van der Waals surface area contributed by atoms with E-state index in [1.165, 1.54) is 13.2 Å². The zero-order chi connectivity index (χ0) is 18.6. The quantitative estimate of drug-likeness (QED) is 0.867. The highest BCUT2D eigenvalue weighted by Gasteiger charge is 2.31. The van der Waals surface area contributed by atoms with E-state index in [1.54, 1.807) is 9.36 Å². The summed E-state index contributed by atoms with van der Waals surface area (Å²) in [6.45, 7) is 3.17. The summed E-state index contributed by atoms with van der Waals surface area (Å²) in [7, 11) is 1.31. The number of amides is 1. The Labute approximate surface area is 153 Å². The summed E-state index contributed by atoms with van der Waals surface area (Å²) in [4.78, 5) is 24.7. The van der Waals surface area contributed by atoms with Crippen molar-refractivity contribution in [3.8, 4) is 16.9 Å². The van der Waals surface area contributed by atoms with Gasteiger partial charge in [-0.2, -0.15) is 0 Å². The van der Waals surface area contributed by atoms with Gasteiger partial charge in [-0.15, -0.1) is 0 Å². The highest BCUT2D eigenvalue weighted by molar-refractivity contribution is 6.32. The molecule has 1 aromatic carbocycles. The van der Waals surface area contributed by atoms with Crippen molar-refractivity contribution in [2.75, 3.05) is 12.4 Å². The monoisotopic (exact) mass is 381 g/mol. The second-order valence-electron chi connectivity index (χ2n) is 6.57. The molecule has 1 amide bonds. The van der Waals surface area contributed by atoms with E-state index in [4.69, 9.17) is 21.1 Å². The van der Waals surface area contributed by atoms with Crippen molar-refractivity contribution in [1.82, 2.24) is 9.36 Å². The van der Waals surface area contributed by atoms with Crippen molar-refractivity contribution < 1.29 is 18.7 Å².